The van der Waals surface area contributed by atoms with Crippen LogP contribution >= 0.6 is 0 Å². The molecule has 4 nitrogen and oxygen atoms in total. The number of amides is 1. The first kappa shape index (κ1) is 12.4. The molecule has 0 heterocycles. The highest BCUT2D eigenvalue weighted by atomic mass is 16.2. The quantitative estimate of drug-likeness (QED) is 0.674. The molecule has 0 fully saturated rings. The smallest absolute Gasteiger partial charge is 0.227 e. The maximum atomic E-state index is 11.6. The van der Waals surface area contributed by atoms with Crippen LogP contribution in [0.5, 0.6) is 0 Å². The third-order valence-electron chi connectivity index (χ3n) is 2.52. The molecule has 0 aliphatic carbocycles. The Labute approximate surface area is 96.2 Å². The summed E-state index contributed by atoms with van der Waals surface area (Å²) in [5.74, 6) is 0.00880. The lowest BCUT2D eigenvalue weighted by atomic mass is 9.92. The number of carbonyl (C=O) groups excluding carboxylic acids is 1. The van der Waals surface area contributed by atoms with Crippen LogP contribution in [0.3, 0.4) is 0 Å². The lowest BCUT2D eigenvalue weighted by molar-refractivity contribution is -0.128. The molecule has 0 aliphatic rings. The number of para-hydroxylation sites is 2. The standard InChI is InChI=1S/C12H19N3O/c1-12(2,11(16)14-3)8-15-10-7-5-4-6-9(10)13/h4-7,15H,8,13H2,1-3H3,(H,14,16). The van der Waals surface area contributed by atoms with Gasteiger partial charge in [-0.15, -0.1) is 0 Å². The van der Waals surface area contributed by atoms with Gasteiger partial charge in [0.2, 0.25) is 5.91 Å². The maximum absolute atomic E-state index is 11.6. The van der Waals surface area contributed by atoms with Gasteiger partial charge >= 0.3 is 0 Å². The SMILES string of the molecule is CNC(=O)C(C)(C)CNc1ccccc1N. The number of nitrogen functional groups attached to an aromatic ring is 1. The van der Waals surface area contributed by atoms with Crippen LogP contribution in [0, 0.1) is 5.41 Å². The Morgan fingerprint density at radius 1 is 1.38 bits per heavy atom. The zero-order valence-electron chi connectivity index (χ0n) is 10.0. The Morgan fingerprint density at radius 2 is 2.00 bits per heavy atom. The fourth-order valence-corrected chi connectivity index (χ4v) is 1.39. The number of nitrogens with one attached hydrogen (secondary N) is 2. The lowest BCUT2D eigenvalue weighted by Gasteiger charge is -2.23. The Hall–Kier alpha value is -1.71. The summed E-state index contributed by atoms with van der Waals surface area (Å²) in [7, 11) is 1.64. The van der Waals surface area contributed by atoms with Gasteiger partial charge in [-0.1, -0.05) is 12.1 Å². The second-order valence-corrected chi connectivity index (χ2v) is 4.40. The van der Waals surface area contributed by atoms with E-state index in [2.05, 4.69) is 10.6 Å². The van der Waals surface area contributed by atoms with E-state index in [-0.39, 0.29) is 5.91 Å². The fourth-order valence-electron chi connectivity index (χ4n) is 1.39. The zero-order valence-corrected chi connectivity index (χ0v) is 10.0. The number of anilines is 2. The molecule has 1 aromatic carbocycles. The second-order valence-electron chi connectivity index (χ2n) is 4.40. The molecule has 0 atom stereocenters. The van der Waals surface area contributed by atoms with Crippen LogP contribution in [0.15, 0.2) is 24.3 Å². The monoisotopic (exact) mass is 221 g/mol. The molecule has 88 valence electrons. The fraction of sp³-hybridized carbons (Fsp3) is 0.417. The van der Waals surface area contributed by atoms with Crippen molar-refractivity contribution < 1.29 is 4.79 Å². The van der Waals surface area contributed by atoms with Crippen LogP contribution in [-0.4, -0.2) is 19.5 Å². The first-order valence-corrected chi connectivity index (χ1v) is 5.28. The van der Waals surface area contributed by atoms with E-state index in [1.54, 1.807) is 7.05 Å². The molecular weight excluding hydrogens is 202 g/mol. The third kappa shape index (κ3) is 2.89. The van der Waals surface area contributed by atoms with Crippen molar-refractivity contribution >= 4 is 17.3 Å². The minimum Gasteiger partial charge on any atom is -0.397 e. The highest BCUT2D eigenvalue weighted by Gasteiger charge is 2.26. The van der Waals surface area contributed by atoms with Gasteiger partial charge in [0.05, 0.1) is 16.8 Å². The largest absolute Gasteiger partial charge is 0.397 e. The molecule has 4 N–H and O–H groups in total. The van der Waals surface area contributed by atoms with Crippen molar-refractivity contribution in [2.24, 2.45) is 5.41 Å². The van der Waals surface area contributed by atoms with Gasteiger partial charge in [0, 0.05) is 13.6 Å². The van der Waals surface area contributed by atoms with Crippen molar-refractivity contribution in [3.05, 3.63) is 24.3 Å². The normalized spacial score (nSPS) is 10.9. The van der Waals surface area contributed by atoms with Gasteiger partial charge in [-0.2, -0.15) is 0 Å². The molecule has 1 aromatic rings. The Bertz CT molecular complexity index is 374. The van der Waals surface area contributed by atoms with Gasteiger partial charge < -0.3 is 16.4 Å². The molecule has 1 rings (SSSR count). The average Bonchev–Trinajstić information content (AvgIpc) is 2.27. The molecule has 0 radical (unpaired) electrons. The van der Waals surface area contributed by atoms with E-state index in [1.807, 2.05) is 38.1 Å². The minimum absolute atomic E-state index is 0.00880. The molecule has 0 aliphatic heterocycles. The summed E-state index contributed by atoms with van der Waals surface area (Å²) in [6, 6.07) is 7.51. The summed E-state index contributed by atoms with van der Waals surface area (Å²) in [6.45, 7) is 4.32. The first-order chi connectivity index (χ1) is 7.47. The molecule has 0 saturated carbocycles. The van der Waals surface area contributed by atoms with E-state index < -0.39 is 5.41 Å². The van der Waals surface area contributed by atoms with Crippen LogP contribution in [0.2, 0.25) is 0 Å². The molecule has 16 heavy (non-hydrogen) atoms. The van der Waals surface area contributed by atoms with Crippen molar-refractivity contribution in [2.75, 3.05) is 24.6 Å². The van der Waals surface area contributed by atoms with Crippen LogP contribution in [0.1, 0.15) is 13.8 Å². The second kappa shape index (κ2) is 4.88. The van der Waals surface area contributed by atoms with Crippen LogP contribution < -0.4 is 16.4 Å². The highest BCUT2D eigenvalue weighted by molar-refractivity contribution is 5.82. The highest BCUT2D eigenvalue weighted by Crippen LogP contribution is 2.21. The predicted molar refractivity (Wildman–Crippen MR) is 67.2 cm³/mol. The molecular formula is C12H19N3O. The van der Waals surface area contributed by atoms with Crippen LogP contribution in [0.25, 0.3) is 0 Å². The zero-order chi connectivity index (χ0) is 12.2. The van der Waals surface area contributed by atoms with E-state index in [0.717, 1.165) is 5.69 Å². The van der Waals surface area contributed by atoms with Crippen LogP contribution in [-0.2, 0) is 4.79 Å². The number of carbonyl (C=O) groups is 1. The molecule has 0 spiro atoms. The van der Waals surface area contributed by atoms with Gasteiger partial charge in [0.1, 0.15) is 0 Å². The summed E-state index contributed by atoms with van der Waals surface area (Å²) in [5, 5.41) is 5.83. The van der Waals surface area contributed by atoms with Crippen molar-refractivity contribution in [2.45, 2.75) is 13.8 Å². The maximum Gasteiger partial charge on any atom is 0.227 e. The average molecular weight is 221 g/mol. The van der Waals surface area contributed by atoms with Gasteiger partial charge in [-0.05, 0) is 26.0 Å². The van der Waals surface area contributed by atoms with E-state index in [4.69, 9.17) is 5.73 Å². The molecule has 1 amide bonds. The lowest BCUT2D eigenvalue weighted by Crippen LogP contribution is -2.39. The number of hydrogen-bond acceptors (Lipinski definition) is 3. The van der Waals surface area contributed by atoms with Gasteiger partial charge in [-0.25, -0.2) is 0 Å². The summed E-state index contributed by atoms with van der Waals surface area (Å²) in [4.78, 5) is 11.6. The topological polar surface area (TPSA) is 67.2 Å². The number of hydrogen-bond donors (Lipinski definition) is 3. The van der Waals surface area contributed by atoms with E-state index in [0.29, 0.717) is 12.2 Å². The molecule has 4 heteroatoms. The molecule has 0 aromatic heterocycles. The van der Waals surface area contributed by atoms with E-state index >= 15 is 0 Å². The summed E-state index contributed by atoms with van der Waals surface area (Å²) in [5.41, 5.74) is 6.88. The Balaban J connectivity index is 2.65. The number of nitrogens with two attached hydrogens (primary N) is 1. The molecule has 0 bridgehead atoms. The van der Waals surface area contributed by atoms with E-state index in [1.165, 1.54) is 0 Å². The Kier molecular flexibility index (Phi) is 3.77. The van der Waals surface area contributed by atoms with Crippen molar-refractivity contribution in [1.29, 1.82) is 0 Å². The van der Waals surface area contributed by atoms with Gasteiger partial charge in [0.15, 0.2) is 0 Å². The van der Waals surface area contributed by atoms with Crippen molar-refractivity contribution in [1.82, 2.24) is 5.32 Å². The molecule has 0 saturated heterocycles. The Morgan fingerprint density at radius 3 is 2.56 bits per heavy atom. The summed E-state index contributed by atoms with van der Waals surface area (Å²) in [6.07, 6.45) is 0. The third-order valence-corrected chi connectivity index (χ3v) is 2.52. The predicted octanol–water partition coefficient (Wildman–Crippen LogP) is 1.45. The van der Waals surface area contributed by atoms with Gasteiger partial charge in [-0.3, -0.25) is 4.79 Å². The number of benzene rings is 1. The summed E-state index contributed by atoms with van der Waals surface area (Å²) < 4.78 is 0. The van der Waals surface area contributed by atoms with Crippen molar-refractivity contribution in [3.8, 4) is 0 Å². The van der Waals surface area contributed by atoms with Gasteiger partial charge in [0.25, 0.3) is 0 Å². The summed E-state index contributed by atoms with van der Waals surface area (Å²) >= 11 is 0. The first-order valence-electron chi connectivity index (χ1n) is 5.28. The molecule has 0 unspecified atom stereocenters. The minimum atomic E-state index is -0.461. The number of rotatable bonds is 4. The van der Waals surface area contributed by atoms with Crippen LogP contribution in [0.4, 0.5) is 11.4 Å². The van der Waals surface area contributed by atoms with E-state index in [9.17, 15) is 4.79 Å². The van der Waals surface area contributed by atoms with Crippen molar-refractivity contribution in [3.63, 3.8) is 0 Å².